The summed E-state index contributed by atoms with van der Waals surface area (Å²) in [5.41, 5.74) is 6.18. The summed E-state index contributed by atoms with van der Waals surface area (Å²) in [5, 5.41) is 8.68. The lowest BCUT2D eigenvalue weighted by atomic mass is 10.0. The molecule has 1 N–H and O–H groups in total. The van der Waals surface area contributed by atoms with Crippen molar-refractivity contribution in [2.75, 3.05) is 5.32 Å². The average Bonchev–Trinajstić information content (AvgIpc) is 3.36. The fraction of sp³-hybridized carbons (Fsp3) is 0.0333. The number of fused-ring (bicyclic) bond motifs is 2. The van der Waals surface area contributed by atoms with E-state index < -0.39 is 0 Å². The molecule has 4 nitrogen and oxygen atoms in total. The van der Waals surface area contributed by atoms with Crippen LogP contribution in [0, 0.1) is 6.92 Å². The number of hydrogen-bond acceptors (Lipinski definition) is 4. The Hall–Kier alpha value is -4.35. The van der Waals surface area contributed by atoms with Crippen LogP contribution >= 0.6 is 11.3 Å². The van der Waals surface area contributed by atoms with Gasteiger partial charge in [0.15, 0.2) is 5.13 Å². The van der Waals surface area contributed by atoms with Crippen LogP contribution in [0.2, 0.25) is 0 Å². The van der Waals surface area contributed by atoms with Gasteiger partial charge >= 0.3 is 0 Å². The third-order valence-corrected chi connectivity index (χ3v) is 6.86. The maximum absolute atomic E-state index is 13.5. The van der Waals surface area contributed by atoms with Crippen molar-refractivity contribution in [3.05, 3.63) is 114 Å². The molecule has 2 heterocycles. The van der Waals surface area contributed by atoms with Crippen molar-refractivity contribution in [3.8, 4) is 22.5 Å². The first kappa shape index (κ1) is 21.2. The Morgan fingerprint density at radius 1 is 0.771 bits per heavy atom. The highest BCUT2D eigenvalue weighted by atomic mass is 32.1. The number of benzene rings is 4. The molecular weight excluding hydrogens is 450 g/mol. The van der Waals surface area contributed by atoms with Crippen LogP contribution in [0.5, 0.6) is 0 Å². The monoisotopic (exact) mass is 471 g/mol. The SMILES string of the molecule is Cc1ccc(-c2cc(C(=O)Nc3nc(-c4cccc5ccccc45)cs3)c3ccccc3n2)cc1. The van der Waals surface area contributed by atoms with E-state index in [1.807, 2.05) is 66.0 Å². The van der Waals surface area contributed by atoms with E-state index >= 15 is 0 Å². The zero-order chi connectivity index (χ0) is 23.8. The highest BCUT2D eigenvalue weighted by molar-refractivity contribution is 7.14. The van der Waals surface area contributed by atoms with E-state index in [0.29, 0.717) is 10.7 Å². The molecule has 2 aromatic heterocycles. The van der Waals surface area contributed by atoms with Crippen molar-refractivity contribution >= 4 is 44.1 Å². The molecule has 0 atom stereocenters. The van der Waals surface area contributed by atoms with Gasteiger partial charge in [-0.25, -0.2) is 9.97 Å². The Kier molecular flexibility index (Phi) is 5.32. The van der Waals surface area contributed by atoms with Gasteiger partial charge in [-0.05, 0) is 29.8 Å². The fourth-order valence-electron chi connectivity index (χ4n) is 4.30. The van der Waals surface area contributed by atoms with Gasteiger partial charge in [0.2, 0.25) is 0 Å². The minimum atomic E-state index is -0.198. The lowest BCUT2D eigenvalue weighted by Crippen LogP contribution is -2.13. The number of pyridine rings is 1. The molecular formula is C30H21N3OS. The summed E-state index contributed by atoms with van der Waals surface area (Å²) in [7, 11) is 0. The molecule has 0 saturated carbocycles. The number of nitrogens with one attached hydrogen (secondary N) is 1. The van der Waals surface area contributed by atoms with Crippen molar-refractivity contribution in [1.82, 2.24) is 9.97 Å². The number of rotatable bonds is 4. The molecule has 4 aromatic carbocycles. The third kappa shape index (κ3) is 4.07. The van der Waals surface area contributed by atoms with Crippen molar-refractivity contribution in [1.29, 1.82) is 0 Å². The van der Waals surface area contributed by atoms with Gasteiger partial charge in [0, 0.05) is 21.9 Å². The second kappa shape index (κ2) is 8.78. The third-order valence-electron chi connectivity index (χ3n) is 6.10. The molecule has 0 aliphatic heterocycles. The summed E-state index contributed by atoms with van der Waals surface area (Å²) in [6.45, 7) is 2.05. The maximum Gasteiger partial charge on any atom is 0.258 e. The van der Waals surface area contributed by atoms with Crippen LogP contribution in [0.4, 0.5) is 5.13 Å². The molecule has 0 aliphatic rings. The molecule has 6 aromatic rings. The number of thiazole rings is 1. The Morgan fingerprint density at radius 3 is 2.37 bits per heavy atom. The van der Waals surface area contributed by atoms with Crippen LogP contribution in [-0.2, 0) is 0 Å². The van der Waals surface area contributed by atoms with Crippen LogP contribution in [0.1, 0.15) is 15.9 Å². The Balaban J connectivity index is 1.36. The van der Waals surface area contributed by atoms with E-state index in [-0.39, 0.29) is 5.91 Å². The second-order valence-corrected chi connectivity index (χ2v) is 9.32. The number of aromatic nitrogens is 2. The van der Waals surface area contributed by atoms with Crippen LogP contribution in [0.3, 0.4) is 0 Å². The summed E-state index contributed by atoms with van der Waals surface area (Å²) < 4.78 is 0. The smallest absolute Gasteiger partial charge is 0.258 e. The van der Waals surface area contributed by atoms with Gasteiger partial charge in [0.25, 0.3) is 5.91 Å². The van der Waals surface area contributed by atoms with E-state index in [1.165, 1.54) is 16.9 Å². The number of amides is 1. The van der Waals surface area contributed by atoms with Gasteiger partial charge in [-0.3, -0.25) is 10.1 Å². The first-order chi connectivity index (χ1) is 17.2. The van der Waals surface area contributed by atoms with Crippen LogP contribution in [-0.4, -0.2) is 15.9 Å². The average molecular weight is 472 g/mol. The van der Waals surface area contributed by atoms with E-state index in [9.17, 15) is 4.79 Å². The van der Waals surface area contributed by atoms with Gasteiger partial charge < -0.3 is 0 Å². The molecule has 5 heteroatoms. The molecule has 0 saturated heterocycles. The number of carbonyl (C=O) groups excluding carboxylic acids is 1. The van der Waals surface area contributed by atoms with E-state index in [1.54, 1.807) is 0 Å². The Morgan fingerprint density at radius 2 is 1.51 bits per heavy atom. The molecule has 0 spiro atoms. The van der Waals surface area contributed by atoms with Crippen LogP contribution in [0.15, 0.2) is 102 Å². The maximum atomic E-state index is 13.5. The van der Waals surface area contributed by atoms with E-state index in [4.69, 9.17) is 9.97 Å². The van der Waals surface area contributed by atoms with Crippen LogP contribution in [0.25, 0.3) is 44.2 Å². The predicted octanol–water partition coefficient (Wildman–Crippen LogP) is 7.74. The highest BCUT2D eigenvalue weighted by Gasteiger charge is 2.16. The summed E-state index contributed by atoms with van der Waals surface area (Å²) in [6.07, 6.45) is 0. The number of nitrogens with zero attached hydrogens (tertiary/aromatic N) is 2. The quantitative estimate of drug-likeness (QED) is 0.286. The lowest BCUT2D eigenvalue weighted by Gasteiger charge is -2.10. The minimum Gasteiger partial charge on any atom is -0.298 e. The molecule has 168 valence electrons. The van der Waals surface area contributed by atoms with Crippen molar-refractivity contribution in [2.45, 2.75) is 6.92 Å². The summed E-state index contributed by atoms with van der Waals surface area (Å²) in [6, 6.07) is 32.2. The van der Waals surface area contributed by atoms with Crippen molar-refractivity contribution < 1.29 is 4.79 Å². The largest absolute Gasteiger partial charge is 0.298 e. The lowest BCUT2D eigenvalue weighted by molar-refractivity contribution is 0.102. The van der Waals surface area contributed by atoms with Crippen LogP contribution < -0.4 is 5.32 Å². The summed E-state index contributed by atoms with van der Waals surface area (Å²) in [5.74, 6) is -0.198. The number of carbonyl (C=O) groups is 1. The van der Waals surface area contributed by atoms with Gasteiger partial charge in [-0.2, -0.15) is 0 Å². The predicted molar refractivity (Wildman–Crippen MR) is 145 cm³/mol. The molecule has 0 radical (unpaired) electrons. The zero-order valence-electron chi connectivity index (χ0n) is 19.0. The van der Waals surface area contributed by atoms with Gasteiger partial charge in [-0.15, -0.1) is 11.3 Å². The number of aryl methyl sites for hydroxylation is 1. The molecule has 1 amide bonds. The first-order valence-corrected chi connectivity index (χ1v) is 12.3. The molecule has 0 aliphatic carbocycles. The standard InChI is InChI=1S/C30H21N3OS/c1-19-13-15-21(16-14-19)27-17-25(24-10-4-5-12-26(24)31-27)29(34)33-30-32-28(18-35-30)23-11-6-8-20-7-2-3-9-22(20)23/h2-18H,1H3,(H,32,33,34). The Bertz CT molecular complexity index is 1700. The molecule has 0 fully saturated rings. The van der Waals surface area contributed by atoms with Gasteiger partial charge in [-0.1, -0.05) is 90.5 Å². The number of hydrogen-bond donors (Lipinski definition) is 1. The summed E-state index contributed by atoms with van der Waals surface area (Å²) >= 11 is 1.42. The minimum absolute atomic E-state index is 0.198. The van der Waals surface area contributed by atoms with Gasteiger partial charge in [0.05, 0.1) is 22.5 Å². The zero-order valence-corrected chi connectivity index (χ0v) is 19.8. The molecule has 6 rings (SSSR count). The van der Waals surface area contributed by atoms with Crippen molar-refractivity contribution in [2.24, 2.45) is 0 Å². The Labute approximate surface area is 206 Å². The normalized spacial score (nSPS) is 11.1. The first-order valence-electron chi connectivity index (χ1n) is 11.4. The molecule has 35 heavy (non-hydrogen) atoms. The topological polar surface area (TPSA) is 54.9 Å². The second-order valence-electron chi connectivity index (χ2n) is 8.46. The highest BCUT2D eigenvalue weighted by Crippen LogP contribution is 2.32. The number of para-hydroxylation sites is 1. The van der Waals surface area contributed by atoms with Crippen molar-refractivity contribution in [3.63, 3.8) is 0 Å². The van der Waals surface area contributed by atoms with E-state index in [0.717, 1.165) is 44.2 Å². The number of anilines is 1. The fourth-order valence-corrected chi connectivity index (χ4v) is 5.01. The molecule has 0 unspecified atom stereocenters. The van der Waals surface area contributed by atoms with Gasteiger partial charge in [0.1, 0.15) is 0 Å². The summed E-state index contributed by atoms with van der Waals surface area (Å²) in [4.78, 5) is 23.0. The molecule has 0 bridgehead atoms. The van der Waals surface area contributed by atoms with E-state index in [2.05, 4.69) is 48.6 Å².